The summed E-state index contributed by atoms with van der Waals surface area (Å²) in [6.07, 6.45) is 1.80. The highest BCUT2D eigenvalue weighted by atomic mass is 35.5. The van der Waals surface area contributed by atoms with Gasteiger partial charge in [-0.05, 0) is 6.07 Å². The molecule has 0 saturated carbocycles. The minimum Gasteiger partial charge on any atom is -0.469 e. The Hall–Kier alpha value is -0.780. The van der Waals surface area contributed by atoms with Crippen LogP contribution in [0, 0.1) is 0 Å². The lowest BCUT2D eigenvalue weighted by Gasteiger charge is -2.02. The normalized spacial score (nSPS) is 18.6. The maximum Gasteiger partial charge on any atom is 0.307 e. The second-order valence-electron chi connectivity index (χ2n) is 3.66. The first-order chi connectivity index (χ1) is 8.60. The van der Waals surface area contributed by atoms with E-state index in [9.17, 15) is 4.79 Å². The predicted molar refractivity (Wildman–Crippen MR) is 73.7 cm³/mol. The van der Waals surface area contributed by atoms with Crippen molar-refractivity contribution in [2.45, 2.75) is 12.5 Å². The van der Waals surface area contributed by atoms with Crippen LogP contribution < -0.4 is 0 Å². The average molecular weight is 305 g/mol. The molecule has 1 aromatic rings. The Morgan fingerprint density at radius 2 is 2.39 bits per heavy atom. The molecule has 0 radical (unpaired) electrons. The summed E-state index contributed by atoms with van der Waals surface area (Å²) in [5.41, 5.74) is 0.610. The Bertz CT molecular complexity index is 508. The molecule has 96 valence electrons. The molecule has 0 fully saturated rings. The number of carbonyl (C=O) groups excluding carboxylic acids is 1. The summed E-state index contributed by atoms with van der Waals surface area (Å²) in [6, 6.07) is 1.55. The molecule has 0 spiro atoms. The van der Waals surface area contributed by atoms with Gasteiger partial charge in [0, 0.05) is 11.9 Å². The molecule has 0 aromatic carbocycles. The van der Waals surface area contributed by atoms with Gasteiger partial charge in [0.2, 0.25) is 0 Å². The molecule has 0 N–H and O–H groups in total. The smallest absolute Gasteiger partial charge is 0.307 e. The number of carbonyl (C=O) groups is 1. The number of aliphatic imine (C=N–C) groups is 1. The maximum absolute atomic E-state index is 11.2. The third-order valence-corrected chi connectivity index (χ3v) is 3.97. The third kappa shape index (κ3) is 3.16. The molecule has 0 saturated heterocycles. The first-order valence-electron chi connectivity index (χ1n) is 5.19. The van der Waals surface area contributed by atoms with E-state index >= 15 is 0 Å². The fraction of sp³-hybridized carbons (Fsp3) is 0.364. The van der Waals surface area contributed by atoms with Gasteiger partial charge in [-0.15, -0.1) is 11.8 Å². The predicted octanol–water partition coefficient (Wildman–Crippen LogP) is 2.81. The van der Waals surface area contributed by atoms with E-state index in [1.807, 2.05) is 0 Å². The van der Waals surface area contributed by atoms with Gasteiger partial charge >= 0.3 is 5.97 Å². The van der Waals surface area contributed by atoms with Gasteiger partial charge in [-0.3, -0.25) is 14.8 Å². The lowest BCUT2D eigenvalue weighted by molar-refractivity contribution is -0.140. The number of rotatable bonds is 3. The zero-order valence-electron chi connectivity index (χ0n) is 9.52. The van der Waals surface area contributed by atoms with Crippen molar-refractivity contribution in [3.05, 3.63) is 28.0 Å². The first-order valence-corrected chi connectivity index (χ1v) is 6.93. The van der Waals surface area contributed by atoms with Crippen LogP contribution in [0.2, 0.25) is 10.0 Å². The molecule has 4 nitrogen and oxygen atoms in total. The average Bonchev–Trinajstić information content (AvgIpc) is 2.77. The van der Waals surface area contributed by atoms with E-state index in [1.54, 1.807) is 6.07 Å². The highest BCUT2D eigenvalue weighted by Crippen LogP contribution is 2.29. The van der Waals surface area contributed by atoms with Crippen molar-refractivity contribution in [1.29, 1.82) is 0 Å². The van der Waals surface area contributed by atoms with Crippen molar-refractivity contribution < 1.29 is 9.53 Å². The summed E-state index contributed by atoms with van der Waals surface area (Å²) in [5, 5.41) is 1.69. The van der Waals surface area contributed by atoms with Crippen LogP contribution in [0.1, 0.15) is 12.1 Å². The van der Waals surface area contributed by atoms with Crippen molar-refractivity contribution in [3.63, 3.8) is 0 Å². The number of halogens is 2. The van der Waals surface area contributed by atoms with Crippen LogP contribution in [0.15, 0.2) is 17.3 Å². The molecule has 18 heavy (non-hydrogen) atoms. The molecule has 0 amide bonds. The largest absolute Gasteiger partial charge is 0.469 e. The van der Waals surface area contributed by atoms with E-state index in [0.29, 0.717) is 15.7 Å². The highest BCUT2D eigenvalue weighted by Gasteiger charge is 2.24. The van der Waals surface area contributed by atoms with Gasteiger partial charge in [0.15, 0.2) is 0 Å². The molecule has 2 rings (SSSR count). The Kier molecular flexibility index (Phi) is 4.48. The zero-order valence-corrected chi connectivity index (χ0v) is 11.8. The Morgan fingerprint density at radius 3 is 3.06 bits per heavy atom. The van der Waals surface area contributed by atoms with E-state index in [4.69, 9.17) is 23.2 Å². The van der Waals surface area contributed by atoms with Crippen molar-refractivity contribution >= 4 is 46.0 Å². The SMILES string of the molecule is COC(=O)CC1CSC(c2ncc(Cl)cc2Cl)=N1. The van der Waals surface area contributed by atoms with Crippen LogP contribution in [0.4, 0.5) is 0 Å². The molecule has 2 heterocycles. The zero-order chi connectivity index (χ0) is 13.1. The molecular formula is C11H10Cl2N2O2S. The number of aromatic nitrogens is 1. The van der Waals surface area contributed by atoms with Gasteiger partial charge in [-0.1, -0.05) is 23.2 Å². The third-order valence-electron chi connectivity index (χ3n) is 2.35. The van der Waals surface area contributed by atoms with Crippen LogP contribution >= 0.6 is 35.0 Å². The maximum atomic E-state index is 11.2. The fourth-order valence-corrected chi connectivity index (χ4v) is 3.09. The van der Waals surface area contributed by atoms with Gasteiger partial charge in [0.25, 0.3) is 0 Å². The summed E-state index contributed by atoms with van der Waals surface area (Å²) in [5.74, 6) is 0.464. The second kappa shape index (κ2) is 5.91. The Morgan fingerprint density at radius 1 is 1.61 bits per heavy atom. The van der Waals surface area contributed by atoms with Crippen LogP contribution in [0.25, 0.3) is 0 Å². The minimum absolute atomic E-state index is 0.0778. The monoisotopic (exact) mass is 304 g/mol. The molecular weight excluding hydrogens is 295 g/mol. The van der Waals surface area contributed by atoms with Crippen molar-refractivity contribution in [1.82, 2.24) is 4.98 Å². The van der Waals surface area contributed by atoms with E-state index in [1.165, 1.54) is 25.1 Å². The van der Waals surface area contributed by atoms with Crippen LogP contribution in [0.3, 0.4) is 0 Å². The van der Waals surface area contributed by atoms with Gasteiger partial charge in [-0.25, -0.2) is 0 Å². The summed E-state index contributed by atoms with van der Waals surface area (Å²) < 4.78 is 4.62. The second-order valence-corrected chi connectivity index (χ2v) is 5.52. The fourth-order valence-electron chi connectivity index (χ4n) is 1.50. The summed E-state index contributed by atoms with van der Waals surface area (Å²) >= 11 is 13.4. The van der Waals surface area contributed by atoms with E-state index in [0.717, 1.165) is 10.8 Å². The number of hydrogen-bond acceptors (Lipinski definition) is 5. The number of nitrogens with zero attached hydrogens (tertiary/aromatic N) is 2. The number of thioether (sulfide) groups is 1. The number of ether oxygens (including phenoxy) is 1. The summed E-state index contributed by atoms with van der Waals surface area (Å²) in [4.78, 5) is 19.8. The van der Waals surface area contributed by atoms with Crippen LogP contribution in [-0.2, 0) is 9.53 Å². The lowest BCUT2D eigenvalue weighted by Crippen LogP contribution is -2.12. The standard InChI is InChI=1S/C11H10Cl2N2O2S/c1-17-9(16)3-7-5-18-11(15-7)10-8(13)2-6(12)4-14-10/h2,4,7H,3,5H2,1H3. The molecule has 0 bridgehead atoms. The number of methoxy groups -OCH3 is 1. The number of pyridine rings is 1. The Labute approximate surface area is 119 Å². The van der Waals surface area contributed by atoms with Gasteiger partial charge in [-0.2, -0.15) is 0 Å². The molecule has 1 aromatic heterocycles. The number of hydrogen-bond donors (Lipinski definition) is 0. The summed E-state index contributed by atoms with van der Waals surface area (Å²) in [6.45, 7) is 0. The van der Waals surface area contributed by atoms with E-state index in [-0.39, 0.29) is 18.4 Å². The molecule has 1 atom stereocenters. The van der Waals surface area contributed by atoms with Gasteiger partial charge in [0.05, 0.1) is 29.6 Å². The Balaban J connectivity index is 2.15. The van der Waals surface area contributed by atoms with Crippen LogP contribution in [0.5, 0.6) is 0 Å². The molecule has 0 aliphatic carbocycles. The van der Waals surface area contributed by atoms with Crippen molar-refractivity contribution in [3.8, 4) is 0 Å². The molecule has 1 unspecified atom stereocenters. The van der Waals surface area contributed by atoms with Crippen LogP contribution in [-0.4, -0.2) is 34.9 Å². The molecule has 7 heteroatoms. The summed E-state index contributed by atoms with van der Waals surface area (Å²) in [7, 11) is 1.37. The van der Waals surface area contributed by atoms with Gasteiger partial charge in [0.1, 0.15) is 10.7 Å². The van der Waals surface area contributed by atoms with E-state index < -0.39 is 0 Å². The van der Waals surface area contributed by atoms with E-state index in [2.05, 4.69) is 14.7 Å². The van der Waals surface area contributed by atoms with Gasteiger partial charge < -0.3 is 4.74 Å². The number of esters is 1. The molecule has 1 aliphatic rings. The van der Waals surface area contributed by atoms with Crippen molar-refractivity contribution in [2.24, 2.45) is 4.99 Å². The minimum atomic E-state index is -0.263. The topological polar surface area (TPSA) is 51.5 Å². The quantitative estimate of drug-likeness (QED) is 0.806. The highest BCUT2D eigenvalue weighted by molar-refractivity contribution is 8.14. The first kappa shape index (κ1) is 13.6. The molecule has 1 aliphatic heterocycles. The van der Waals surface area contributed by atoms with Crippen molar-refractivity contribution in [2.75, 3.05) is 12.9 Å². The lowest BCUT2D eigenvalue weighted by atomic mass is 10.2.